The number of piperidine rings is 1. The van der Waals surface area contributed by atoms with E-state index < -0.39 is 0 Å². The van der Waals surface area contributed by atoms with Gasteiger partial charge in [0.15, 0.2) is 0 Å². The molecule has 1 aliphatic heterocycles. The molecule has 1 nitrogen and oxygen atoms in total. The second-order valence-electron chi connectivity index (χ2n) is 7.31. The van der Waals surface area contributed by atoms with Crippen molar-refractivity contribution in [3.8, 4) is 0 Å². The number of likely N-dealkylation sites (tertiary alicyclic amines) is 1. The zero-order valence-electron chi connectivity index (χ0n) is 12.4. The third kappa shape index (κ3) is 2.48. The third-order valence-corrected chi connectivity index (χ3v) is 6.08. The van der Waals surface area contributed by atoms with Gasteiger partial charge in [-0.15, -0.1) is 0 Å². The van der Waals surface area contributed by atoms with E-state index in [9.17, 15) is 0 Å². The maximum atomic E-state index is 2.97. The van der Waals surface area contributed by atoms with Gasteiger partial charge in [-0.3, -0.25) is 4.90 Å². The van der Waals surface area contributed by atoms with Crippen LogP contribution < -0.4 is 0 Å². The molecule has 4 unspecified atom stereocenters. The second kappa shape index (κ2) is 5.53. The van der Waals surface area contributed by atoms with Crippen molar-refractivity contribution < 1.29 is 0 Å². The highest BCUT2D eigenvalue weighted by molar-refractivity contribution is 4.93. The standard InChI is InChI=1S/C17H31N/c1-3-16-9-4-6-13(2)18(16)17-11-14-7-5-8-15(10-14)12-17/h13-17H,3-12H2,1-2H3. The SMILES string of the molecule is CCC1CCCC(C)N1C1CC2CCCC(C2)C1. The van der Waals surface area contributed by atoms with E-state index in [4.69, 9.17) is 0 Å². The summed E-state index contributed by atoms with van der Waals surface area (Å²) in [7, 11) is 0. The highest BCUT2D eigenvalue weighted by atomic mass is 15.2. The van der Waals surface area contributed by atoms with Crippen LogP contribution in [0.4, 0.5) is 0 Å². The number of hydrogen-bond acceptors (Lipinski definition) is 1. The lowest BCUT2D eigenvalue weighted by molar-refractivity contribution is -0.00632. The highest BCUT2D eigenvalue weighted by Gasteiger charge is 2.39. The van der Waals surface area contributed by atoms with Crippen LogP contribution in [0.25, 0.3) is 0 Å². The largest absolute Gasteiger partial charge is 0.295 e. The van der Waals surface area contributed by atoms with Crippen LogP contribution in [0, 0.1) is 11.8 Å². The van der Waals surface area contributed by atoms with E-state index in [0.717, 1.165) is 30.0 Å². The molecule has 0 N–H and O–H groups in total. The zero-order chi connectivity index (χ0) is 12.5. The summed E-state index contributed by atoms with van der Waals surface area (Å²) in [6.07, 6.45) is 15.0. The molecule has 0 radical (unpaired) electrons. The lowest BCUT2D eigenvalue weighted by Crippen LogP contribution is -2.53. The van der Waals surface area contributed by atoms with Crippen molar-refractivity contribution in [2.45, 2.75) is 96.2 Å². The molecule has 0 aromatic rings. The fraction of sp³-hybridized carbons (Fsp3) is 1.00. The molecule has 0 amide bonds. The molecule has 0 aromatic heterocycles. The molecule has 3 aliphatic rings. The first-order valence-electron chi connectivity index (χ1n) is 8.55. The van der Waals surface area contributed by atoms with E-state index in [1.807, 2.05) is 0 Å². The van der Waals surface area contributed by atoms with Crippen LogP contribution in [0.5, 0.6) is 0 Å². The molecular formula is C17H31N. The predicted molar refractivity (Wildman–Crippen MR) is 77.7 cm³/mol. The number of hydrogen-bond donors (Lipinski definition) is 0. The first-order chi connectivity index (χ1) is 8.78. The van der Waals surface area contributed by atoms with E-state index in [2.05, 4.69) is 18.7 Å². The van der Waals surface area contributed by atoms with Gasteiger partial charge in [-0.1, -0.05) is 32.6 Å². The van der Waals surface area contributed by atoms with Gasteiger partial charge in [0.25, 0.3) is 0 Å². The molecule has 3 rings (SSSR count). The first-order valence-corrected chi connectivity index (χ1v) is 8.55. The Kier molecular flexibility index (Phi) is 3.98. The maximum absolute atomic E-state index is 2.97. The van der Waals surface area contributed by atoms with Crippen molar-refractivity contribution in [2.24, 2.45) is 11.8 Å². The van der Waals surface area contributed by atoms with Gasteiger partial charge in [0, 0.05) is 18.1 Å². The minimum absolute atomic E-state index is 0.854. The quantitative estimate of drug-likeness (QED) is 0.691. The Labute approximate surface area is 113 Å². The molecule has 1 heteroatoms. The van der Waals surface area contributed by atoms with Crippen LogP contribution in [-0.4, -0.2) is 23.0 Å². The Hall–Kier alpha value is -0.0400. The van der Waals surface area contributed by atoms with Crippen LogP contribution in [0.15, 0.2) is 0 Å². The number of rotatable bonds is 2. The fourth-order valence-electron chi connectivity index (χ4n) is 5.32. The molecule has 4 atom stereocenters. The van der Waals surface area contributed by atoms with Gasteiger partial charge >= 0.3 is 0 Å². The minimum atomic E-state index is 0.854. The van der Waals surface area contributed by atoms with Crippen LogP contribution in [0.1, 0.15) is 78.1 Å². The van der Waals surface area contributed by atoms with E-state index in [1.165, 1.54) is 57.8 Å². The average Bonchev–Trinajstić information content (AvgIpc) is 2.37. The van der Waals surface area contributed by atoms with Crippen molar-refractivity contribution >= 4 is 0 Å². The summed E-state index contributed by atoms with van der Waals surface area (Å²) in [6, 6.07) is 2.69. The summed E-state index contributed by atoms with van der Waals surface area (Å²) in [6.45, 7) is 4.89. The van der Waals surface area contributed by atoms with E-state index in [1.54, 1.807) is 6.42 Å². The Balaban J connectivity index is 1.71. The van der Waals surface area contributed by atoms with Crippen LogP contribution >= 0.6 is 0 Å². The summed E-state index contributed by atoms with van der Waals surface area (Å²) in [4.78, 5) is 2.97. The van der Waals surface area contributed by atoms with Crippen LogP contribution in [-0.2, 0) is 0 Å². The van der Waals surface area contributed by atoms with Gasteiger partial charge in [0.1, 0.15) is 0 Å². The van der Waals surface area contributed by atoms with Gasteiger partial charge in [-0.25, -0.2) is 0 Å². The molecule has 18 heavy (non-hydrogen) atoms. The molecular weight excluding hydrogens is 218 g/mol. The smallest absolute Gasteiger partial charge is 0.0106 e. The Bertz CT molecular complexity index is 263. The van der Waals surface area contributed by atoms with Gasteiger partial charge < -0.3 is 0 Å². The Morgan fingerprint density at radius 1 is 0.889 bits per heavy atom. The van der Waals surface area contributed by atoms with Crippen molar-refractivity contribution in [1.82, 2.24) is 4.90 Å². The topological polar surface area (TPSA) is 3.24 Å². The molecule has 1 heterocycles. The van der Waals surface area contributed by atoms with Gasteiger partial charge in [0.2, 0.25) is 0 Å². The average molecular weight is 249 g/mol. The van der Waals surface area contributed by atoms with Crippen molar-refractivity contribution in [3.63, 3.8) is 0 Å². The molecule has 2 aliphatic carbocycles. The normalized spacial score (nSPS) is 46.0. The fourth-order valence-corrected chi connectivity index (χ4v) is 5.32. The Morgan fingerprint density at radius 2 is 1.56 bits per heavy atom. The minimum Gasteiger partial charge on any atom is -0.295 e. The summed E-state index contributed by atoms with van der Waals surface area (Å²) < 4.78 is 0. The van der Waals surface area contributed by atoms with Crippen LogP contribution in [0.3, 0.4) is 0 Å². The second-order valence-corrected chi connectivity index (χ2v) is 7.31. The summed E-state index contributed by atoms with van der Waals surface area (Å²) >= 11 is 0. The maximum Gasteiger partial charge on any atom is 0.0106 e. The highest BCUT2D eigenvalue weighted by Crippen LogP contribution is 2.43. The molecule has 2 saturated carbocycles. The van der Waals surface area contributed by atoms with E-state index in [0.29, 0.717) is 0 Å². The molecule has 0 aromatic carbocycles. The monoisotopic (exact) mass is 249 g/mol. The van der Waals surface area contributed by atoms with Crippen molar-refractivity contribution in [1.29, 1.82) is 0 Å². The zero-order valence-corrected chi connectivity index (χ0v) is 12.4. The summed E-state index contributed by atoms with van der Waals surface area (Å²) in [5.74, 6) is 2.16. The predicted octanol–water partition coefficient (Wildman–Crippen LogP) is 4.61. The van der Waals surface area contributed by atoms with Gasteiger partial charge in [-0.2, -0.15) is 0 Å². The van der Waals surface area contributed by atoms with Crippen molar-refractivity contribution in [2.75, 3.05) is 0 Å². The first kappa shape index (κ1) is 13.0. The van der Waals surface area contributed by atoms with Gasteiger partial charge in [0.05, 0.1) is 0 Å². The lowest BCUT2D eigenvalue weighted by Gasteiger charge is -2.50. The summed E-state index contributed by atoms with van der Waals surface area (Å²) in [5.41, 5.74) is 0. The van der Waals surface area contributed by atoms with Crippen molar-refractivity contribution in [3.05, 3.63) is 0 Å². The molecule has 3 fully saturated rings. The van der Waals surface area contributed by atoms with E-state index in [-0.39, 0.29) is 0 Å². The lowest BCUT2D eigenvalue weighted by atomic mass is 9.69. The molecule has 104 valence electrons. The summed E-state index contributed by atoms with van der Waals surface area (Å²) in [5, 5.41) is 0. The van der Waals surface area contributed by atoms with E-state index >= 15 is 0 Å². The van der Waals surface area contributed by atoms with Crippen LogP contribution in [0.2, 0.25) is 0 Å². The number of nitrogens with zero attached hydrogens (tertiary/aromatic N) is 1. The third-order valence-electron chi connectivity index (χ3n) is 6.08. The molecule has 1 saturated heterocycles. The Morgan fingerprint density at radius 3 is 2.22 bits per heavy atom. The number of fused-ring (bicyclic) bond motifs is 2. The molecule has 0 spiro atoms. The molecule has 2 bridgehead atoms. The van der Waals surface area contributed by atoms with Gasteiger partial charge in [-0.05, 0) is 57.3 Å².